The van der Waals surface area contributed by atoms with E-state index < -0.39 is 10.0 Å². The highest BCUT2D eigenvalue weighted by molar-refractivity contribution is 7.91. The molecule has 0 unspecified atom stereocenters. The lowest BCUT2D eigenvalue weighted by Gasteiger charge is -2.39. The van der Waals surface area contributed by atoms with Gasteiger partial charge in [-0.05, 0) is 47.7 Å². The fraction of sp³-hybridized carbons (Fsp3) is 0.500. The van der Waals surface area contributed by atoms with E-state index in [2.05, 4.69) is 16.3 Å². The molecule has 2 aromatic heterocycles. The van der Waals surface area contributed by atoms with Crippen LogP contribution in [0.15, 0.2) is 33.2 Å². The summed E-state index contributed by atoms with van der Waals surface area (Å²) in [6, 6.07) is 6.26. The van der Waals surface area contributed by atoms with Crippen LogP contribution in [0.2, 0.25) is 0 Å². The lowest BCUT2D eigenvalue weighted by Crippen LogP contribution is -2.47. The molecule has 124 valence electrons. The van der Waals surface area contributed by atoms with E-state index in [-0.39, 0.29) is 0 Å². The van der Waals surface area contributed by atoms with Gasteiger partial charge in [0.05, 0.1) is 0 Å². The molecule has 4 nitrogen and oxygen atoms in total. The Kier molecular flexibility index (Phi) is 4.32. The van der Waals surface area contributed by atoms with E-state index in [1.54, 1.807) is 16.4 Å². The fourth-order valence-corrected chi connectivity index (χ4v) is 7.07. The molecule has 0 atom stereocenters. The third-order valence-corrected chi connectivity index (χ3v) is 9.16. The van der Waals surface area contributed by atoms with Gasteiger partial charge in [0.15, 0.2) is 0 Å². The van der Waals surface area contributed by atoms with Gasteiger partial charge in [0.25, 0.3) is 10.0 Å². The van der Waals surface area contributed by atoms with Crippen LogP contribution in [0.4, 0.5) is 0 Å². The molecule has 4 heterocycles. The van der Waals surface area contributed by atoms with Crippen molar-refractivity contribution in [2.75, 3.05) is 19.6 Å². The van der Waals surface area contributed by atoms with Crippen molar-refractivity contribution in [1.29, 1.82) is 0 Å². The second kappa shape index (κ2) is 6.29. The average Bonchev–Trinajstić information content (AvgIpc) is 3.26. The Labute approximate surface area is 145 Å². The molecule has 0 radical (unpaired) electrons. The number of thiophene rings is 2. The Hall–Kier alpha value is -0.730. The largest absolute Gasteiger partial charge is 0.296 e. The standard InChI is InChI=1S/C16H20N2O2S3/c19-23(20,16-2-1-10-22-16)18-8-3-14(4-9-18)17-7-5-15-13(12-17)6-11-21-15/h1-2,6,10-11,14H,3-5,7-9,12H2. The zero-order valence-corrected chi connectivity index (χ0v) is 15.3. The summed E-state index contributed by atoms with van der Waals surface area (Å²) in [5.74, 6) is 0. The van der Waals surface area contributed by atoms with Crippen LogP contribution in [0, 0.1) is 0 Å². The minimum atomic E-state index is -3.28. The highest BCUT2D eigenvalue weighted by atomic mass is 32.2. The van der Waals surface area contributed by atoms with E-state index in [4.69, 9.17) is 0 Å². The van der Waals surface area contributed by atoms with Gasteiger partial charge in [-0.3, -0.25) is 4.90 Å². The molecule has 1 saturated heterocycles. The minimum absolute atomic E-state index is 0.469. The number of hydrogen-bond acceptors (Lipinski definition) is 5. The van der Waals surface area contributed by atoms with Gasteiger partial charge in [-0.1, -0.05) is 6.07 Å². The summed E-state index contributed by atoms with van der Waals surface area (Å²) in [6.07, 6.45) is 3.01. The first-order valence-electron chi connectivity index (χ1n) is 7.97. The minimum Gasteiger partial charge on any atom is -0.296 e. The molecule has 0 aromatic carbocycles. The topological polar surface area (TPSA) is 40.6 Å². The molecular formula is C16H20N2O2S3. The van der Waals surface area contributed by atoms with Crippen molar-refractivity contribution in [2.45, 2.75) is 36.1 Å². The molecule has 2 aliphatic rings. The van der Waals surface area contributed by atoms with Crippen LogP contribution in [0.3, 0.4) is 0 Å². The smallest absolute Gasteiger partial charge is 0.252 e. The normalized spacial score (nSPS) is 21.4. The molecule has 1 fully saturated rings. The molecule has 2 aliphatic heterocycles. The van der Waals surface area contributed by atoms with Crippen LogP contribution in [0.25, 0.3) is 0 Å². The lowest BCUT2D eigenvalue weighted by molar-refractivity contribution is 0.127. The molecule has 0 aliphatic carbocycles. The summed E-state index contributed by atoms with van der Waals surface area (Å²) in [6.45, 7) is 3.41. The zero-order chi connectivity index (χ0) is 15.9. The molecule has 23 heavy (non-hydrogen) atoms. The van der Waals surface area contributed by atoms with Crippen molar-refractivity contribution in [1.82, 2.24) is 9.21 Å². The highest BCUT2D eigenvalue weighted by Gasteiger charge is 2.33. The van der Waals surface area contributed by atoms with Crippen molar-refractivity contribution in [3.05, 3.63) is 39.4 Å². The zero-order valence-electron chi connectivity index (χ0n) is 12.8. The summed E-state index contributed by atoms with van der Waals surface area (Å²) < 4.78 is 27.3. The van der Waals surface area contributed by atoms with E-state index in [9.17, 15) is 8.42 Å². The molecule has 0 bridgehead atoms. The second-order valence-corrected chi connectivity index (χ2v) is 10.3. The monoisotopic (exact) mass is 368 g/mol. The van der Waals surface area contributed by atoms with Gasteiger partial charge < -0.3 is 0 Å². The second-order valence-electron chi connectivity index (χ2n) is 6.16. The maximum absolute atomic E-state index is 12.6. The van der Waals surface area contributed by atoms with Crippen LogP contribution >= 0.6 is 22.7 Å². The number of rotatable bonds is 3. The molecule has 0 N–H and O–H groups in total. The number of sulfonamides is 1. The van der Waals surface area contributed by atoms with Crippen molar-refractivity contribution in [3.8, 4) is 0 Å². The SMILES string of the molecule is O=S(=O)(c1cccs1)N1CCC(N2CCc3sccc3C2)CC1. The summed E-state index contributed by atoms with van der Waals surface area (Å²) >= 11 is 3.17. The fourth-order valence-electron chi connectivity index (χ4n) is 3.57. The van der Waals surface area contributed by atoms with Gasteiger partial charge in [-0.25, -0.2) is 8.42 Å². The van der Waals surface area contributed by atoms with E-state index in [0.717, 1.165) is 32.4 Å². The van der Waals surface area contributed by atoms with Gasteiger partial charge in [0.1, 0.15) is 4.21 Å². The Morgan fingerprint density at radius 3 is 2.61 bits per heavy atom. The Morgan fingerprint density at radius 1 is 1.04 bits per heavy atom. The Morgan fingerprint density at radius 2 is 1.87 bits per heavy atom. The summed E-state index contributed by atoms with van der Waals surface area (Å²) in [7, 11) is -3.28. The summed E-state index contributed by atoms with van der Waals surface area (Å²) in [5, 5.41) is 4.01. The van der Waals surface area contributed by atoms with Gasteiger partial charge in [-0.2, -0.15) is 4.31 Å². The molecule has 2 aromatic rings. The van der Waals surface area contributed by atoms with Crippen LogP contribution in [0.5, 0.6) is 0 Å². The van der Waals surface area contributed by atoms with E-state index >= 15 is 0 Å². The molecule has 7 heteroatoms. The quantitative estimate of drug-likeness (QED) is 0.836. The van der Waals surface area contributed by atoms with Crippen molar-refractivity contribution in [3.63, 3.8) is 0 Å². The van der Waals surface area contributed by atoms with Crippen molar-refractivity contribution in [2.24, 2.45) is 0 Å². The Bertz CT molecular complexity index is 759. The van der Waals surface area contributed by atoms with Crippen molar-refractivity contribution >= 4 is 32.7 Å². The predicted octanol–water partition coefficient (Wildman–Crippen LogP) is 3.02. The van der Waals surface area contributed by atoms with E-state index in [1.807, 2.05) is 16.7 Å². The molecular weight excluding hydrogens is 348 g/mol. The first-order valence-corrected chi connectivity index (χ1v) is 11.2. The van der Waals surface area contributed by atoms with E-state index in [0.29, 0.717) is 23.3 Å². The third-order valence-electron chi connectivity index (χ3n) is 4.87. The van der Waals surface area contributed by atoms with Gasteiger partial charge in [0.2, 0.25) is 0 Å². The number of fused-ring (bicyclic) bond motifs is 1. The molecule has 4 rings (SSSR count). The number of piperidine rings is 1. The first-order chi connectivity index (χ1) is 11.1. The summed E-state index contributed by atoms with van der Waals surface area (Å²) in [4.78, 5) is 4.07. The van der Waals surface area contributed by atoms with Gasteiger partial charge >= 0.3 is 0 Å². The first kappa shape index (κ1) is 15.8. The maximum atomic E-state index is 12.6. The molecule has 0 spiro atoms. The lowest BCUT2D eigenvalue weighted by atomic mass is 10.0. The maximum Gasteiger partial charge on any atom is 0.252 e. The number of hydrogen-bond donors (Lipinski definition) is 0. The predicted molar refractivity (Wildman–Crippen MR) is 94.5 cm³/mol. The van der Waals surface area contributed by atoms with E-state index in [1.165, 1.54) is 21.8 Å². The molecule has 0 saturated carbocycles. The van der Waals surface area contributed by atoms with Crippen molar-refractivity contribution < 1.29 is 8.42 Å². The Balaban J connectivity index is 1.40. The van der Waals surface area contributed by atoms with Crippen LogP contribution in [-0.4, -0.2) is 43.3 Å². The van der Waals surface area contributed by atoms with Crippen LogP contribution in [-0.2, 0) is 23.0 Å². The van der Waals surface area contributed by atoms with Gasteiger partial charge in [0, 0.05) is 37.1 Å². The molecule has 0 amide bonds. The number of nitrogens with zero attached hydrogens (tertiary/aromatic N) is 2. The van der Waals surface area contributed by atoms with Crippen LogP contribution in [0.1, 0.15) is 23.3 Å². The third kappa shape index (κ3) is 3.00. The highest BCUT2D eigenvalue weighted by Crippen LogP contribution is 2.30. The average molecular weight is 369 g/mol. The van der Waals surface area contributed by atoms with Gasteiger partial charge in [-0.15, -0.1) is 22.7 Å². The summed E-state index contributed by atoms with van der Waals surface area (Å²) in [5.41, 5.74) is 1.47. The van der Waals surface area contributed by atoms with Crippen LogP contribution < -0.4 is 0 Å².